The Labute approximate surface area is 511 Å². The highest BCUT2D eigenvalue weighted by Gasteiger charge is 2.44. The quantitative estimate of drug-likeness (QED) is 0.0261. The van der Waals surface area contributed by atoms with Gasteiger partial charge in [-0.2, -0.15) is 0 Å². The summed E-state index contributed by atoms with van der Waals surface area (Å²) in [7, 11) is 0. The van der Waals surface area contributed by atoms with E-state index in [4.69, 9.17) is 9.47 Å². The highest BCUT2D eigenvalue weighted by atomic mass is 16.7. The molecule has 9 nitrogen and oxygen atoms in total. The van der Waals surface area contributed by atoms with Gasteiger partial charge in [0.1, 0.15) is 24.4 Å². The normalized spacial score (nSPS) is 18.8. The van der Waals surface area contributed by atoms with Gasteiger partial charge >= 0.3 is 0 Å². The van der Waals surface area contributed by atoms with E-state index in [2.05, 4.69) is 92.1 Å². The lowest BCUT2D eigenvalue weighted by atomic mass is 9.99. The van der Waals surface area contributed by atoms with Gasteiger partial charge in [0.2, 0.25) is 5.91 Å². The summed E-state index contributed by atoms with van der Waals surface area (Å²) in [4.78, 5) is 13.1. The molecule has 1 aliphatic rings. The minimum Gasteiger partial charge on any atom is -0.394 e. The number of hydrogen-bond donors (Lipinski definition) is 6. The summed E-state index contributed by atoms with van der Waals surface area (Å²) in [5.74, 6) is -0.187. The van der Waals surface area contributed by atoms with Crippen molar-refractivity contribution in [1.82, 2.24) is 5.32 Å². The summed E-state index contributed by atoms with van der Waals surface area (Å²) in [6, 6.07) is -0.829. The number of aliphatic hydroxyl groups excluding tert-OH is 5. The highest BCUT2D eigenvalue weighted by Crippen LogP contribution is 2.23. The Kier molecular flexibility index (Phi) is 59.0. The summed E-state index contributed by atoms with van der Waals surface area (Å²) >= 11 is 0. The van der Waals surface area contributed by atoms with Crippen molar-refractivity contribution in [1.29, 1.82) is 0 Å². The van der Waals surface area contributed by atoms with Crippen LogP contribution in [0.1, 0.15) is 322 Å². The van der Waals surface area contributed by atoms with Gasteiger partial charge in [0.25, 0.3) is 0 Å². The van der Waals surface area contributed by atoms with E-state index < -0.39 is 49.5 Å². The molecule has 1 saturated heterocycles. The number of carbonyl (C=O) groups is 1. The van der Waals surface area contributed by atoms with E-state index in [9.17, 15) is 30.3 Å². The molecule has 7 atom stereocenters. The maximum Gasteiger partial charge on any atom is 0.220 e. The average molecular weight is 1160 g/mol. The third-order valence-electron chi connectivity index (χ3n) is 16.5. The van der Waals surface area contributed by atoms with Crippen molar-refractivity contribution >= 4 is 5.91 Å². The van der Waals surface area contributed by atoms with Gasteiger partial charge in [-0.15, -0.1) is 0 Å². The smallest absolute Gasteiger partial charge is 0.220 e. The van der Waals surface area contributed by atoms with E-state index in [0.29, 0.717) is 6.42 Å². The molecule has 1 aliphatic heterocycles. The molecule has 83 heavy (non-hydrogen) atoms. The van der Waals surface area contributed by atoms with Crippen molar-refractivity contribution in [2.45, 2.75) is 365 Å². The van der Waals surface area contributed by atoms with Crippen LogP contribution in [-0.2, 0) is 14.3 Å². The molecule has 0 bridgehead atoms. The second kappa shape index (κ2) is 62.4. The van der Waals surface area contributed by atoms with Crippen molar-refractivity contribution in [2.24, 2.45) is 0 Å². The lowest BCUT2D eigenvalue weighted by Gasteiger charge is -2.40. The average Bonchev–Trinajstić information content (AvgIpc) is 3.60. The number of unbranched alkanes of at least 4 members (excludes halogenated alkanes) is 39. The molecule has 1 amide bonds. The maximum absolute atomic E-state index is 13.1. The number of hydrogen-bond acceptors (Lipinski definition) is 8. The van der Waals surface area contributed by atoms with Crippen molar-refractivity contribution < 1.29 is 39.8 Å². The molecule has 1 rings (SSSR count). The molecule has 0 aromatic heterocycles. The molecule has 6 N–H and O–H groups in total. The van der Waals surface area contributed by atoms with Crippen molar-refractivity contribution in [3.8, 4) is 0 Å². The first-order valence-corrected chi connectivity index (χ1v) is 35.3. The van der Waals surface area contributed by atoms with E-state index in [1.807, 2.05) is 6.08 Å². The molecule has 0 aromatic rings. The van der Waals surface area contributed by atoms with Crippen LogP contribution in [0.25, 0.3) is 0 Å². The fourth-order valence-corrected chi connectivity index (χ4v) is 11.0. The fraction of sp³-hybridized carbons (Fsp3) is 0.797. The Morgan fingerprint density at radius 3 is 1.16 bits per heavy atom. The number of carbonyl (C=O) groups excluding carboxylic acids is 1. The van der Waals surface area contributed by atoms with Crippen molar-refractivity contribution in [3.05, 3.63) is 85.1 Å². The standard InChI is InChI=1S/C74H133NO8/c1-3-5-7-9-11-13-15-17-19-21-23-25-27-29-31-33-34-36-37-39-41-43-45-47-49-51-53-55-57-59-61-63-68(77)67(66-82-74-73(81)72(80)71(79)69(65-76)83-74)75-70(78)64-62-60-58-56-54-52-50-48-46-44-42-40-38-35-32-30-28-26-24-22-20-18-16-14-12-10-8-6-4-2/h6,8,12,14,18,20,24,26,30,32,53,55,61,63,67-69,71-74,76-77,79-81H,3-5,7,9-11,13,15-17,19,21-23,25,27-29,31,33-52,54,56-60,62,64-66H2,1-2H3,(H,75,78)/b8-6-,14-12-,20-18-,26-24-,32-30-,55-53+,63-61+. The molecule has 0 aliphatic carbocycles. The van der Waals surface area contributed by atoms with E-state index in [0.717, 1.165) is 70.6 Å². The molecule has 1 fully saturated rings. The van der Waals surface area contributed by atoms with Crippen LogP contribution >= 0.6 is 0 Å². The minimum atomic E-state index is -1.58. The van der Waals surface area contributed by atoms with Crippen LogP contribution in [0.5, 0.6) is 0 Å². The first-order valence-electron chi connectivity index (χ1n) is 35.3. The van der Waals surface area contributed by atoms with Crippen molar-refractivity contribution in [3.63, 3.8) is 0 Å². The third-order valence-corrected chi connectivity index (χ3v) is 16.5. The van der Waals surface area contributed by atoms with Crippen LogP contribution in [0.4, 0.5) is 0 Å². The number of amides is 1. The Bertz CT molecular complexity index is 1590. The van der Waals surface area contributed by atoms with Gasteiger partial charge < -0.3 is 40.3 Å². The summed E-state index contributed by atoms with van der Waals surface area (Å²) < 4.78 is 11.3. The molecular formula is C74H133NO8. The molecule has 482 valence electrons. The van der Waals surface area contributed by atoms with Crippen LogP contribution in [0.15, 0.2) is 85.1 Å². The number of allylic oxidation sites excluding steroid dienone is 13. The first kappa shape index (κ1) is 78.4. The highest BCUT2D eigenvalue weighted by molar-refractivity contribution is 5.76. The van der Waals surface area contributed by atoms with Gasteiger partial charge in [-0.05, 0) is 77.0 Å². The predicted octanol–water partition coefficient (Wildman–Crippen LogP) is 19.3. The second-order valence-corrected chi connectivity index (χ2v) is 24.3. The fourth-order valence-electron chi connectivity index (χ4n) is 11.0. The van der Waals surface area contributed by atoms with E-state index in [-0.39, 0.29) is 12.5 Å². The summed E-state index contributed by atoms with van der Waals surface area (Å²) in [5, 5.41) is 54.8. The Hall–Kier alpha value is -2.63. The van der Waals surface area contributed by atoms with Crippen LogP contribution in [0.2, 0.25) is 0 Å². The third kappa shape index (κ3) is 51.2. The molecule has 0 aromatic carbocycles. The van der Waals surface area contributed by atoms with Crippen LogP contribution in [0.3, 0.4) is 0 Å². The van der Waals surface area contributed by atoms with E-state index >= 15 is 0 Å². The summed E-state index contributed by atoms with van der Waals surface area (Å²) in [6.07, 6.45) is 82.6. The first-order chi connectivity index (χ1) is 40.8. The predicted molar refractivity (Wildman–Crippen MR) is 355 cm³/mol. The molecule has 0 saturated carbocycles. The Balaban J connectivity index is 2.16. The van der Waals surface area contributed by atoms with E-state index in [1.54, 1.807) is 6.08 Å². The molecule has 9 heteroatoms. The van der Waals surface area contributed by atoms with Gasteiger partial charge in [-0.3, -0.25) is 4.79 Å². The SMILES string of the molecule is CC/C=C\C/C=C\C/C=C\C/C=C\C/C=C\CCCCCCCCCCCCCCCC(=O)NC(COC1OC(CO)C(O)C(O)C1O)C(O)/C=C/CC/C=C/CCCCCCCCCCCCCCCCCCCCCCCCCCC. The molecule has 7 unspecified atom stereocenters. The lowest BCUT2D eigenvalue weighted by molar-refractivity contribution is -0.302. The topological polar surface area (TPSA) is 149 Å². The van der Waals surface area contributed by atoms with Gasteiger partial charge in [0.05, 0.1) is 25.4 Å². The zero-order valence-electron chi connectivity index (χ0n) is 53.9. The van der Waals surface area contributed by atoms with Gasteiger partial charge in [0.15, 0.2) is 6.29 Å². The molecule has 0 spiro atoms. The number of aliphatic hydroxyl groups is 5. The maximum atomic E-state index is 13.1. The second-order valence-electron chi connectivity index (χ2n) is 24.3. The van der Waals surface area contributed by atoms with Gasteiger partial charge in [-0.25, -0.2) is 0 Å². The van der Waals surface area contributed by atoms with Crippen LogP contribution in [-0.4, -0.2) is 87.5 Å². The lowest BCUT2D eigenvalue weighted by Crippen LogP contribution is -2.60. The molecule has 0 radical (unpaired) electrons. The molecular weight excluding hydrogens is 1030 g/mol. The minimum absolute atomic E-state index is 0.187. The largest absolute Gasteiger partial charge is 0.394 e. The van der Waals surface area contributed by atoms with Crippen molar-refractivity contribution in [2.75, 3.05) is 13.2 Å². The molecule has 1 heterocycles. The summed E-state index contributed by atoms with van der Waals surface area (Å²) in [5.41, 5.74) is 0. The zero-order chi connectivity index (χ0) is 60.0. The Morgan fingerprint density at radius 1 is 0.422 bits per heavy atom. The zero-order valence-corrected chi connectivity index (χ0v) is 53.9. The van der Waals surface area contributed by atoms with E-state index in [1.165, 1.54) is 231 Å². The van der Waals surface area contributed by atoms with Crippen LogP contribution < -0.4 is 5.32 Å². The Morgan fingerprint density at radius 2 is 0.759 bits per heavy atom. The van der Waals surface area contributed by atoms with Gasteiger partial charge in [0, 0.05) is 6.42 Å². The van der Waals surface area contributed by atoms with Gasteiger partial charge in [-0.1, -0.05) is 324 Å². The van der Waals surface area contributed by atoms with Crippen LogP contribution in [0, 0.1) is 0 Å². The number of rotatable bonds is 61. The number of nitrogens with one attached hydrogen (secondary N) is 1. The monoisotopic (exact) mass is 1160 g/mol. The number of ether oxygens (including phenoxy) is 2. The summed E-state index contributed by atoms with van der Waals surface area (Å²) in [6.45, 7) is 3.69.